The van der Waals surface area contributed by atoms with Gasteiger partial charge >= 0.3 is 0 Å². The van der Waals surface area contributed by atoms with E-state index < -0.39 is 0 Å². The van der Waals surface area contributed by atoms with Gasteiger partial charge in [-0.1, -0.05) is 67.2 Å². The maximum Gasteiger partial charge on any atom is 0.101 e. The molecule has 22 heavy (non-hydrogen) atoms. The molecule has 0 saturated heterocycles. The predicted octanol–water partition coefficient (Wildman–Crippen LogP) is 6.92. The lowest BCUT2D eigenvalue weighted by atomic mass is 9.93. The molecular formula is C20H42O2. The summed E-state index contributed by atoms with van der Waals surface area (Å²) in [6.07, 6.45) is 9.09. The molecule has 2 nitrogen and oxygen atoms in total. The standard InChI is InChI=1S/C20H42O2/c1-9-19(7,15-11-13-17(3)4)21-22-20(8,10-2)16-12-14-18(5)6/h17-18H,9-16H2,1-8H3. The lowest BCUT2D eigenvalue weighted by Gasteiger charge is -2.34. The maximum atomic E-state index is 5.97. The average molecular weight is 315 g/mol. The van der Waals surface area contributed by atoms with Crippen LogP contribution >= 0.6 is 0 Å². The van der Waals surface area contributed by atoms with Gasteiger partial charge in [-0.25, -0.2) is 9.78 Å². The van der Waals surface area contributed by atoms with E-state index in [2.05, 4.69) is 55.4 Å². The molecule has 0 aliphatic heterocycles. The quantitative estimate of drug-likeness (QED) is 0.271. The van der Waals surface area contributed by atoms with Crippen LogP contribution < -0.4 is 0 Å². The Hall–Kier alpha value is -0.0800. The molecule has 0 aromatic heterocycles. The zero-order valence-electron chi connectivity index (χ0n) is 16.6. The molecule has 0 bridgehead atoms. The molecule has 0 radical (unpaired) electrons. The van der Waals surface area contributed by atoms with E-state index in [1.54, 1.807) is 0 Å². The van der Waals surface area contributed by atoms with E-state index in [1.165, 1.54) is 25.7 Å². The minimum atomic E-state index is -0.149. The maximum absolute atomic E-state index is 5.97. The molecule has 0 rings (SSSR count). The molecule has 2 heteroatoms. The van der Waals surface area contributed by atoms with Crippen molar-refractivity contribution in [1.82, 2.24) is 0 Å². The van der Waals surface area contributed by atoms with Gasteiger partial charge in [0.1, 0.15) is 11.2 Å². The fraction of sp³-hybridized carbons (Fsp3) is 1.00. The Morgan fingerprint density at radius 1 is 0.682 bits per heavy atom. The highest BCUT2D eigenvalue weighted by Crippen LogP contribution is 2.30. The molecule has 0 spiro atoms. The minimum absolute atomic E-state index is 0.149. The van der Waals surface area contributed by atoms with Gasteiger partial charge in [0.2, 0.25) is 0 Å². The molecule has 0 amide bonds. The summed E-state index contributed by atoms with van der Waals surface area (Å²) in [7, 11) is 0. The Balaban J connectivity index is 4.34. The van der Waals surface area contributed by atoms with Gasteiger partial charge in [0.25, 0.3) is 0 Å². The van der Waals surface area contributed by atoms with Crippen LogP contribution in [0.15, 0.2) is 0 Å². The third kappa shape index (κ3) is 9.84. The van der Waals surface area contributed by atoms with Crippen LogP contribution in [0.3, 0.4) is 0 Å². The molecule has 2 unspecified atom stereocenters. The van der Waals surface area contributed by atoms with Gasteiger partial charge < -0.3 is 0 Å². The summed E-state index contributed by atoms with van der Waals surface area (Å²) >= 11 is 0. The number of hydrogen-bond donors (Lipinski definition) is 0. The van der Waals surface area contributed by atoms with Gasteiger partial charge in [0, 0.05) is 0 Å². The molecule has 0 N–H and O–H groups in total. The van der Waals surface area contributed by atoms with Crippen LogP contribution in [-0.4, -0.2) is 11.2 Å². The van der Waals surface area contributed by atoms with Crippen molar-refractivity contribution in [2.75, 3.05) is 0 Å². The predicted molar refractivity (Wildman–Crippen MR) is 96.9 cm³/mol. The zero-order valence-corrected chi connectivity index (χ0v) is 16.6. The van der Waals surface area contributed by atoms with Gasteiger partial charge in [0.05, 0.1) is 0 Å². The average Bonchev–Trinajstić information content (AvgIpc) is 2.44. The van der Waals surface area contributed by atoms with E-state index in [4.69, 9.17) is 9.78 Å². The molecule has 0 aliphatic rings. The molecular weight excluding hydrogens is 272 g/mol. The molecule has 0 aromatic rings. The second-order valence-corrected chi connectivity index (χ2v) is 8.35. The first-order chi connectivity index (χ1) is 10.2. The normalized spacial score (nSPS) is 17.7. The van der Waals surface area contributed by atoms with Crippen molar-refractivity contribution < 1.29 is 9.78 Å². The van der Waals surface area contributed by atoms with E-state index in [9.17, 15) is 0 Å². The summed E-state index contributed by atoms with van der Waals surface area (Å²) in [5.41, 5.74) is -0.299. The topological polar surface area (TPSA) is 18.5 Å². The lowest BCUT2D eigenvalue weighted by Crippen LogP contribution is -2.36. The molecule has 0 saturated carbocycles. The zero-order chi connectivity index (χ0) is 17.2. The summed E-state index contributed by atoms with van der Waals surface area (Å²) in [4.78, 5) is 11.9. The van der Waals surface area contributed by atoms with Gasteiger partial charge in [-0.2, -0.15) is 0 Å². The van der Waals surface area contributed by atoms with Crippen LogP contribution in [0, 0.1) is 11.8 Å². The van der Waals surface area contributed by atoms with Crippen LogP contribution in [0.1, 0.15) is 107 Å². The highest BCUT2D eigenvalue weighted by Gasteiger charge is 2.30. The lowest BCUT2D eigenvalue weighted by molar-refractivity contribution is -0.411. The summed E-state index contributed by atoms with van der Waals surface area (Å²) in [6, 6.07) is 0. The summed E-state index contributed by atoms with van der Waals surface area (Å²) in [6.45, 7) is 17.9. The Labute approximate surface area is 140 Å². The van der Waals surface area contributed by atoms with Gasteiger partial charge in [-0.3, -0.25) is 0 Å². The van der Waals surface area contributed by atoms with E-state index in [1.807, 2.05) is 0 Å². The van der Waals surface area contributed by atoms with Crippen molar-refractivity contribution in [1.29, 1.82) is 0 Å². The van der Waals surface area contributed by atoms with Crippen LogP contribution in [0.2, 0.25) is 0 Å². The summed E-state index contributed by atoms with van der Waals surface area (Å²) < 4.78 is 0. The van der Waals surface area contributed by atoms with E-state index in [0.29, 0.717) is 0 Å². The molecule has 0 aromatic carbocycles. The van der Waals surface area contributed by atoms with Crippen molar-refractivity contribution in [3.8, 4) is 0 Å². The van der Waals surface area contributed by atoms with E-state index in [-0.39, 0.29) is 11.2 Å². The Bertz CT molecular complexity index is 247. The molecule has 2 atom stereocenters. The first kappa shape index (κ1) is 21.9. The monoisotopic (exact) mass is 314 g/mol. The molecule has 0 aliphatic carbocycles. The highest BCUT2D eigenvalue weighted by atomic mass is 17.2. The first-order valence-electron chi connectivity index (χ1n) is 9.53. The van der Waals surface area contributed by atoms with Crippen LogP contribution in [-0.2, 0) is 9.78 Å². The second-order valence-electron chi connectivity index (χ2n) is 8.35. The van der Waals surface area contributed by atoms with E-state index in [0.717, 1.165) is 37.5 Å². The van der Waals surface area contributed by atoms with Gasteiger partial charge in [-0.05, 0) is 51.4 Å². The number of hydrogen-bond acceptors (Lipinski definition) is 2. The molecule has 134 valence electrons. The Morgan fingerprint density at radius 2 is 1.00 bits per heavy atom. The Kier molecular flexibility index (Phi) is 10.6. The van der Waals surface area contributed by atoms with Crippen LogP contribution in [0.4, 0.5) is 0 Å². The SMILES string of the molecule is CCC(C)(CCCC(C)C)OOC(C)(CC)CCCC(C)C. The minimum Gasteiger partial charge on any atom is -0.230 e. The smallest absolute Gasteiger partial charge is 0.101 e. The molecule has 0 heterocycles. The van der Waals surface area contributed by atoms with Crippen molar-refractivity contribution in [2.45, 2.75) is 118 Å². The summed E-state index contributed by atoms with van der Waals surface area (Å²) in [5.74, 6) is 1.53. The van der Waals surface area contributed by atoms with E-state index >= 15 is 0 Å². The van der Waals surface area contributed by atoms with Crippen molar-refractivity contribution in [2.24, 2.45) is 11.8 Å². The first-order valence-corrected chi connectivity index (χ1v) is 9.53. The van der Waals surface area contributed by atoms with Crippen molar-refractivity contribution in [3.63, 3.8) is 0 Å². The Morgan fingerprint density at radius 3 is 1.23 bits per heavy atom. The molecule has 0 fully saturated rings. The number of rotatable bonds is 13. The second kappa shape index (κ2) is 10.6. The fourth-order valence-electron chi connectivity index (χ4n) is 2.52. The van der Waals surface area contributed by atoms with Crippen LogP contribution in [0.5, 0.6) is 0 Å². The summed E-state index contributed by atoms with van der Waals surface area (Å²) in [5, 5.41) is 0. The van der Waals surface area contributed by atoms with Crippen LogP contribution in [0.25, 0.3) is 0 Å². The fourth-order valence-corrected chi connectivity index (χ4v) is 2.52. The highest BCUT2D eigenvalue weighted by molar-refractivity contribution is 4.75. The third-order valence-corrected chi connectivity index (χ3v) is 4.91. The van der Waals surface area contributed by atoms with Crippen molar-refractivity contribution >= 4 is 0 Å². The third-order valence-electron chi connectivity index (χ3n) is 4.91. The largest absolute Gasteiger partial charge is 0.230 e. The van der Waals surface area contributed by atoms with Gasteiger partial charge in [-0.15, -0.1) is 0 Å². The van der Waals surface area contributed by atoms with Gasteiger partial charge in [0.15, 0.2) is 0 Å². The van der Waals surface area contributed by atoms with Crippen molar-refractivity contribution in [3.05, 3.63) is 0 Å².